The van der Waals surface area contributed by atoms with Gasteiger partial charge in [-0.05, 0) is 30.8 Å². The topological polar surface area (TPSA) is 85.8 Å². The Bertz CT molecular complexity index is 602. The molecule has 0 unspecified atom stereocenters. The zero-order valence-corrected chi connectivity index (χ0v) is 13.0. The normalized spacial score (nSPS) is 16.2. The van der Waals surface area contributed by atoms with Crippen molar-refractivity contribution in [2.75, 3.05) is 33.2 Å². The summed E-state index contributed by atoms with van der Waals surface area (Å²) in [5.74, 6) is -0.616. The van der Waals surface area contributed by atoms with Crippen molar-refractivity contribution in [3.8, 4) is 0 Å². The number of nitrogens with one attached hydrogen (secondary N) is 1. The van der Waals surface area contributed by atoms with E-state index in [0.717, 1.165) is 31.7 Å². The average molecular weight is 316 g/mol. The minimum Gasteiger partial charge on any atom is -0.337 e. The van der Waals surface area contributed by atoms with E-state index in [1.807, 2.05) is 11.9 Å². The largest absolute Gasteiger partial charge is 0.337 e. The summed E-state index contributed by atoms with van der Waals surface area (Å²) in [6, 6.07) is 3.53. The number of aromatic nitrogens is 1. The molecule has 1 fully saturated rings. The average Bonchev–Trinajstić information content (AvgIpc) is 2.59. The van der Waals surface area contributed by atoms with Gasteiger partial charge in [-0.15, -0.1) is 0 Å². The van der Waals surface area contributed by atoms with Gasteiger partial charge in [0.2, 0.25) is 5.91 Å². The van der Waals surface area contributed by atoms with Gasteiger partial charge in [0.05, 0.1) is 5.69 Å². The van der Waals surface area contributed by atoms with E-state index in [4.69, 9.17) is 5.21 Å². The molecule has 2 amide bonds. The van der Waals surface area contributed by atoms with Crippen molar-refractivity contribution in [3.05, 3.63) is 41.7 Å². The SMILES string of the molecule is CN1CCN(C(=O)/C=C/c2ccc(/C=C/C(=O)NO)nc2)CC1. The first kappa shape index (κ1) is 16.9. The molecule has 7 nitrogen and oxygen atoms in total. The van der Waals surface area contributed by atoms with Crippen molar-refractivity contribution in [1.82, 2.24) is 20.3 Å². The molecule has 2 rings (SSSR count). The Labute approximate surface area is 134 Å². The van der Waals surface area contributed by atoms with Gasteiger partial charge in [0.1, 0.15) is 0 Å². The van der Waals surface area contributed by atoms with Gasteiger partial charge in [0.25, 0.3) is 5.91 Å². The molecule has 0 spiro atoms. The summed E-state index contributed by atoms with van der Waals surface area (Å²) in [7, 11) is 2.05. The zero-order chi connectivity index (χ0) is 16.7. The smallest absolute Gasteiger partial charge is 0.267 e. The fourth-order valence-electron chi connectivity index (χ4n) is 2.11. The monoisotopic (exact) mass is 316 g/mol. The lowest BCUT2D eigenvalue weighted by atomic mass is 10.2. The third-order valence-electron chi connectivity index (χ3n) is 3.56. The maximum atomic E-state index is 12.1. The maximum Gasteiger partial charge on any atom is 0.267 e. The number of hydrogen-bond donors (Lipinski definition) is 2. The standard InChI is InChI=1S/C16H20N4O3/c1-19-8-10-20(11-9-19)16(22)7-3-13-2-4-14(17-12-13)5-6-15(21)18-23/h2-7,12,23H,8-11H2,1H3,(H,18,21)/b6-5+,7-3+. The van der Waals surface area contributed by atoms with Crippen LogP contribution in [0.4, 0.5) is 0 Å². The van der Waals surface area contributed by atoms with Crippen LogP contribution in [0.1, 0.15) is 11.3 Å². The number of hydrogen-bond acceptors (Lipinski definition) is 5. The number of nitrogens with zero attached hydrogens (tertiary/aromatic N) is 3. The first-order valence-electron chi connectivity index (χ1n) is 7.32. The molecular formula is C16H20N4O3. The lowest BCUT2D eigenvalue weighted by molar-refractivity contribution is -0.127. The van der Waals surface area contributed by atoms with E-state index in [-0.39, 0.29) is 5.91 Å². The van der Waals surface area contributed by atoms with E-state index < -0.39 is 5.91 Å². The van der Waals surface area contributed by atoms with E-state index in [1.165, 1.54) is 17.6 Å². The second-order valence-corrected chi connectivity index (χ2v) is 5.29. The summed E-state index contributed by atoms with van der Waals surface area (Å²) in [6.07, 6.45) is 7.55. The van der Waals surface area contributed by atoms with Crippen LogP contribution in [-0.2, 0) is 9.59 Å². The van der Waals surface area contributed by atoms with Crippen LogP contribution >= 0.6 is 0 Å². The molecule has 2 heterocycles. The molecule has 0 saturated carbocycles. The van der Waals surface area contributed by atoms with Crippen LogP contribution < -0.4 is 5.48 Å². The molecule has 1 aliphatic rings. The summed E-state index contributed by atoms with van der Waals surface area (Å²) in [4.78, 5) is 31.1. The molecule has 0 atom stereocenters. The molecule has 1 aromatic rings. The number of rotatable bonds is 4. The van der Waals surface area contributed by atoms with Crippen molar-refractivity contribution in [3.63, 3.8) is 0 Å². The summed E-state index contributed by atoms with van der Waals surface area (Å²) in [5, 5.41) is 8.38. The van der Waals surface area contributed by atoms with Gasteiger partial charge < -0.3 is 9.80 Å². The lowest BCUT2D eigenvalue weighted by Crippen LogP contribution is -2.46. The quantitative estimate of drug-likeness (QED) is 0.477. The molecule has 0 aliphatic carbocycles. The fraction of sp³-hybridized carbons (Fsp3) is 0.312. The van der Waals surface area contributed by atoms with E-state index in [1.54, 1.807) is 30.5 Å². The maximum absolute atomic E-state index is 12.1. The number of piperazine rings is 1. The molecule has 2 N–H and O–H groups in total. The van der Waals surface area contributed by atoms with Gasteiger partial charge >= 0.3 is 0 Å². The van der Waals surface area contributed by atoms with E-state index in [2.05, 4.69) is 9.88 Å². The second-order valence-electron chi connectivity index (χ2n) is 5.29. The summed E-state index contributed by atoms with van der Waals surface area (Å²) in [5.41, 5.74) is 2.89. The van der Waals surface area contributed by atoms with Crippen molar-refractivity contribution < 1.29 is 14.8 Å². The van der Waals surface area contributed by atoms with E-state index in [0.29, 0.717) is 5.69 Å². The molecule has 1 aromatic heterocycles. The Hall–Kier alpha value is -2.51. The van der Waals surface area contributed by atoms with E-state index >= 15 is 0 Å². The third-order valence-corrected chi connectivity index (χ3v) is 3.56. The molecule has 7 heteroatoms. The molecule has 1 saturated heterocycles. The summed E-state index contributed by atoms with van der Waals surface area (Å²) < 4.78 is 0. The second kappa shape index (κ2) is 8.21. The third kappa shape index (κ3) is 5.32. The zero-order valence-electron chi connectivity index (χ0n) is 13.0. The number of carbonyl (C=O) groups is 2. The van der Waals surface area contributed by atoms with Gasteiger partial charge in [-0.25, -0.2) is 5.48 Å². The molecule has 0 bridgehead atoms. The first-order valence-corrected chi connectivity index (χ1v) is 7.32. The summed E-state index contributed by atoms with van der Waals surface area (Å²) >= 11 is 0. The Kier molecular flexibility index (Phi) is 6.02. The van der Waals surface area contributed by atoms with E-state index in [9.17, 15) is 9.59 Å². The van der Waals surface area contributed by atoms with Crippen LogP contribution in [0.5, 0.6) is 0 Å². The molecule has 23 heavy (non-hydrogen) atoms. The predicted octanol–water partition coefficient (Wildman–Crippen LogP) is 0.387. The van der Waals surface area contributed by atoms with Crippen LogP contribution in [0.25, 0.3) is 12.2 Å². The first-order chi connectivity index (χ1) is 11.1. The molecule has 0 radical (unpaired) electrons. The van der Waals surface area contributed by atoms with Gasteiger partial charge in [-0.1, -0.05) is 6.07 Å². The Morgan fingerprint density at radius 1 is 1.17 bits per heavy atom. The Balaban J connectivity index is 1.91. The number of amides is 2. The highest BCUT2D eigenvalue weighted by Crippen LogP contribution is 2.06. The highest BCUT2D eigenvalue weighted by Gasteiger charge is 2.16. The molecular weight excluding hydrogens is 296 g/mol. The highest BCUT2D eigenvalue weighted by molar-refractivity contribution is 5.92. The number of hydroxylamine groups is 1. The minimum absolute atomic E-state index is 0.00156. The van der Waals surface area contributed by atoms with Crippen LogP contribution in [0.2, 0.25) is 0 Å². The highest BCUT2D eigenvalue weighted by atomic mass is 16.5. The van der Waals surface area contributed by atoms with Gasteiger partial charge in [0.15, 0.2) is 0 Å². The Morgan fingerprint density at radius 2 is 1.91 bits per heavy atom. The molecule has 122 valence electrons. The van der Waals surface area contributed by atoms with Crippen LogP contribution in [0.15, 0.2) is 30.5 Å². The van der Waals surface area contributed by atoms with Gasteiger partial charge in [-0.2, -0.15) is 0 Å². The van der Waals surface area contributed by atoms with Crippen molar-refractivity contribution in [2.24, 2.45) is 0 Å². The van der Waals surface area contributed by atoms with Crippen LogP contribution in [-0.4, -0.2) is 65.0 Å². The summed E-state index contributed by atoms with van der Waals surface area (Å²) in [6.45, 7) is 3.27. The number of likely N-dealkylation sites (N-methyl/N-ethyl adjacent to an activating group) is 1. The predicted molar refractivity (Wildman–Crippen MR) is 86.3 cm³/mol. The van der Waals surface area contributed by atoms with Gasteiger partial charge in [0, 0.05) is 44.5 Å². The Morgan fingerprint density at radius 3 is 2.52 bits per heavy atom. The van der Waals surface area contributed by atoms with Crippen molar-refractivity contribution >= 4 is 24.0 Å². The van der Waals surface area contributed by atoms with Gasteiger partial charge in [-0.3, -0.25) is 19.8 Å². The van der Waals surface area contributed by atoms with Crippen LogP contribution in [0, 0.1) is 0 Å². The van der Waals surface area contributed by atoms with Crippen LogP contribution in [0.3, 0.4) is 0 Å². The minimum atomic E-state index is -0.617. The fourth-order valence-corrected chi connectivity index (χ4v) is 2.11. The number of pyridine rings is 1. The molecule has 0 aromatic carbocycles. The molecule has 1 aliphatic heterocycles. The lowest BCUT2D eigenvalue weighted by Gasteiger charge is -2.31. The van der Waals surface area contributed by atoms with Crippen molar-refractivity contribution in [2.45, 2.75) is 0 Å². The number of carbonyl (C=O) groups excluding carboxylic acids is 2. The van der Waals surface area contributed by atoms with Crippen molar-refractivity contribution in [1.29, 1.82) is 0 Å².